The molecule has 2 fully saturated rings. The summed E-state index contributed by atoms with van der Waals surface area (Å²) in [6.45, 7) is 6.79. The van der Waals surface area contributed by atoms with Gasteiger partial charge in [0.05, 0.1) is 35.9 Å². The smallest absolute Gasteiger partial charge is 0.410 e. The summed E-state index contributed by atoms with van der Waals surface area (Å²) in [6.07, 6.45) is 5.64. The topological polar surface area (TPSA) is 137 Å². The summed E-state index contributed by atoms with van der Waals surface area (Å²) >= 11 is 0. The maximum Gasteiger partial charge on any atom is 0.410 e. The minimum absolute atomic E-state index is 0.135. The normalized spacial score (nSPS) is 18.7. The van der Waals surface area contributed by atoms with E-state index in [1.807, 2.05) is 69.3 Å². The second kappa shape index (κ2) is 11.5. The van der Waals surface area contributed by atoms with Gasteiger partial charge >= 0.3 is 12.2 Å². The molecule has 0 spiro atoms. The maximum absolute atomic E-state index is 12.7. The van der Waals surface area contributed by atoms with E-state index >= 15 is 0 Å². The summed E-state index contributed by atoms with van der Waals surface area (Å²) in [5, 5.41) is 9.44. The molecule has 2 aromatic heterocycles. The first-order chi connectivity index (χ1) is 20.6. The van der Waals surface area contributed by atoms with Gasteiger partial charge < -0.3 is 24.5 Å². The fourth-order valence-electron chi connectivity index (χ4n) is 5.72. The molecule has 0 radical (unpaired) electrons. The summed E-state index contributed by atoms with van der Waals surface area (Å²) in [5.74, 6) is 2.81. The SMILES string of the molecule is CC(C)(C)OC(=O)N1CCCC1c1ncc(-c2ccc(Oc3ccc(-c4cnc(C5CCCN5C(=O)O)[nH]4)cc3)cc2)[nH]1. The molecule has 224 valence electrons. The maximum atomic E-state index is 12.7. The second-order valence-corrected chi connectivity index (χ2v) is 12.0. The Morgan fingerprint density at radius 2 is 1.26 bits per heavy atom. The number of aromatic amines is 2. The van der Waals surface area contributed by atoms with Crippen LogP contribution in [0.3, 0.4) is 0 Å². The quantitative estimate of drug-likeness (QED) is 0.219. The standard InChI is InChI=1S/C32H36N6O5/c1-32(2,3)43-31(41)38-17-5-7-27(38)29-34-19-25(36-29)21-10-14-23(15-11-21)42-22-12-8-20(9-13-22)24-18-33-28(35-24)26-6-4-16-37(26)30(39)40/h8-15,18-19,26-27H,4-7,16-17H2,1-3H3,(H,33,35)(H,34,36)(H,39,40). The molecule has 2 unspecified atom stereocenters. The lowest BCUT2D eigenvalue weighted by Crippen LogP contribution is -2.36. The molecule has 2 aromatic carbocycles. The monoisotopic (exact) mass is 584 g/mol. The Kier molecular flexibility index (Phi) is 7.55. The number of nitrogens with zero attached hydrogens (tertiary/aromatic N) is 4. The Morgan fingerprint density at radius 1 is 0.791 bits per heavy atom. The Labute approximate surface area is 249 Å². The first-order valence-corrected chi connectivity index (χ1v) is 14.6. The molecule has 11 heteroatoms. The lowest BCUT2D eigenvalue weighted by molar-refractivity contribution is 0.0218. The molecular weight excluding hydrogens is 548 g/mol. The number of hydrogen-bond donors (Lipinski definition) is 3. The third kappa shape index (κ3) is 6.20. The van der Waals surface area contributed by atoms with Crippen LogP contribution >= 0.6 is 0 Å². The molecule has 0 bridgehead atoms. The van der Waals surface area contributed by atoms with Gasteiger partial charge in [0.15, 0.2) is 0 Å². The number of ether oxygens (including phenoxy) is 2. The predicted molar refractivity (Wildman–Crippen MR) is 160 cm³/mol. The number of hydrogen-bond acceptors (Lipinski definition) is 6. The van der Waals surface area contributed by atoms with Gasteiger partial charge in [0.1, 0.15) is 28.7 Å². The van der Waals surface area contributed by atoms with E-state index in [4.69, 9.17) is 9.47 Å². The Hall–Kier alpha value is -4.80. The van der Waals surface area contributed by atoms with Gasteiger partial charge in [0.25, 0.3) is 0 Å². The lowest BCUT2D eigenvalue weighted by Gasteiger charge is -2.27. The van der Waals surface area contributed by atoms with E-state index in [0.717, 1.165) is 54.0 Å². The number of H-pyrrole nitrogens is 2. The molecule has 2 saturated heterocycles. The lowest BCUT2D eigenvalue weighted by atomic mass is 10.1. The van der Waals surface area contributed by atoms with E-state index in [0.29, 0.717) is 30.4 Å². The molecule has 11 nitrogen and oxygen atoms in total. The van der Waals surface area contributed by atoms with Crippen molar-refractivity contribution in [3.8, 4) is 34.0 Å². The Morgan fingerprint density at radius 3 is 1.72 bits per heavy atom. The van der Waals surface area contributed by atoms with Crippen molar-refractivity contribution in [2.45, 2.75) is 64.1 Å². The van der Waals surface area contributed by atoms with E-state index in [2.05, 4.69) is 19.9 Å². The van der Waals surface area contributed by atoms with Crippen LogP contribution in [0.15, 0.2) is 60.9 Å². The highest BCUT2D eigenvalue weighted by Gasteiger charge is 2.35. The van der Waals surface area contributed by atoms with E-state index in [1.165, 1.54) is 4.90 Å². The average molecular weight is 585 g/mol. The van der Waals surface area contributed by atoms with Crippen LogP contribution in [0.4, 0.5) is 9.59 Å². The molecule has 4 heterocycles. The number of nitrogens with one attached hydrogen (secondary N) is 2. The van der Waals surface area contributed by atoms with Crippen LogP contribution < -0.4 is 4.74 Å². The summed E-state index contributed by atoms with van der Waals surface area (Å²) in [7, 11) is 0. The van der Waals surface area contributed by atoms with Crippen LogP contribution in [-0.4, -0.2) is 65.7 Å². The fourth-order valence-corrected chi connectivity index (χ4v) is 5.72. The minimum atomic E-state index is -0.917. The van der Waals surface area contributed by atoms with Crippen molar-refractivity contribution in [2.24, 2.45) is 0 Å². The summed E-state index contributed by atoms with van der Waals surface area (Å²) in [4.78, 5) is 43.1. The highest BCUT2D eigenvalue weighted by atomic mass is 16.6. The van der Waals surface area contributed by atoms with Gasteiger partial charge in [-0.3, -0.25) is 9.80 Å². The molecule has 43 heavy (non-hydrogen) atoms. The van der Waals surface area contributed by atoms with Gasteiger partial charge in [0, 0.05) is 13.1 Å². The number of aromatic nitrogens is 4. The number of imidazole rings is 2. The molecule has 3 N–H and O–H groups in total. The van der Waals surface area contributed by atoms with E-state index < -0.39 is 11.7 Å². The van der Waals surface area contributed by atoms with Crippen LogP contribution in [0.25, 0.3) is 22.5 Å². The van der Waals surface area contributed by atoms with Crippen LogP contribution in [0.1, 0.15) is 70.2 Å². The van der Waals surface area contributed by atoms with Crippen LogP contribution in [0.2, 0.25) is 0 Å². The first kappa shape index (κ1) is 28.3. The zero-order chi connectivity index (χ0) is 30.1. The van der Waals surface area contributed by atoms with Crippen LogP contribution in [0, 0.1) is 0 Å². The number of carboxylic acid groups (broad SMARTS) is 1. The zero-order valence-electron chi connectivity index (χ0n) is 24.5. The van der Waals surface area contributed by atoms with Crippen LogP contribution in [-0.2, 0) is 4.74 Å². The van der Waals surface area contributed by atoms with Gasteiger partial charge in [-0.15, -0.1) is 0 Å². The molecule has 4 aromatic rings. The van der Waals surface area contributed by atoms with Gasteiger partial charge in [-0.05, 0) is 106 Å². The summed E-state index contributed by atoms with van der Waals surface area (Å²) < 4.78 is 11.7. The van der Waals surface area contributed by atoms with E-state index in [9.17, 15) is 14.7 Å². The van der Waals surface area contributed by atoms with Gasteiger partial charge in [-0.2, -0.15) is 0 Å². The van der Waals surface area contributed by atoms with Gasteiger partial charge in [-0.1, -0.05) is 0 Å². The number of amides is 2. The molecule has 0 aliphatic carbocycles. The molecule has 2 aliphatic heterocycles. The van der Waals surface area contributed by atoms with E-state index in [1.54, 1.807) is 17.3 Å². The number of benzene rings is 2. The van der Waals surface area contributed by atoms with Crippen molar-refractivity contribution in [1.29, 1.82) is 0 Å². The zero-order valence-corrected chi connectivity index (χ0v) is 24.5. The molecule has 2 amide bonds. The van der Waals surface area contributed by atoms with Crippen molar-refractivity contribution >= 4 is 12.2 Å². The molecular formula is C32H36N6O5. The predicted octanol–water partition coefficient (Wildman–Crippen LogP) is 7.15. The minimum Gasteiger partial charge on any atom is -0.465 e. The second-order valence-electron chi connectivity index (χ2n) is 12.0. The first-order valence-electron chi connectivity index (χ1n) is 14.6. The largest absolute Gasteiger partial charge is 0.465 e. The Balaban J connectivity index is 1.08. The number of likely N-dealkylation sites (tertiary alicyclic amines) is 2. The highest BCUT2D eigenvalue weighted by molar-refractivity contribution is 5.69. The van der Waals surface area contributed by atoms with Crippen molar-refractivity contribution in [2.75, 3.05) is 13.1 Å². The summed E-state index contributed by atoms with van der Waals surface area (Å²) in [6, 6.07) is 15.1. The van der Waals surface area contributed by atoms with Gasteiger partial charge in [0.2, 0.25) is 0 Å². The molecule has 2 aliphatic rings. The number of rotatable bonds is 6. The Bertz CT molecular complexity index is 1590. The molecule has 2 atom stereocenters. The number of carbonyl (C=O) groups is 2. The van der Waals surface area contributed by atoms with E-state index in [-0.39, 0.29) is 18.2 Å². The van der Waals surface area contributed by atoms with Crippen molar-refractivity contribution in [3.05, 3.63) is 72.6 Å². The third-order valence-corrected chi connectivity index (χ3v) is 7.77. The fraction of sp³-hybridized carbons (Fsp3) is 0.375. The molecule has 6 rings (SSSR count). The number of carbonyl (C=O) groups excluding carboxylic acids is 1. The molecule has 0 saturated carbocycles. The van der Waals surface area contributed by atoms with Crippen molar-refractivity contribution in [3.63, 3.8) is 0 Å². The third-order valence-electron chi connectivity index (χ3n) is 7.77. The highest BCUT2D eigenvalue weighted by Crippen LogP contribution is 2.34. The van der Waals surface area contributed by atoms with Crippen molar-refractivity contribution in [1.82, 2.24) is 29.7 Å². The van der Waals surface area contributed by atoms with Gasteiger partial charge in [-0.25, -0.2) is 19.6 Å². The van der Waals surface area contributed by atoms with Crippen molar-refractivity contribution < 1.29 is 24.2 Å². The van der Waals surface area contributed by atoms with Crippen LogP contribution in [0.5, 0.6) is 11.5 Å². The average Bonchev–Trinajstić information content (AvgIpc) is 3.78. The summed E-state index contributed by atoms with van der Waals surface area (Å²) in [5.41, 5.74) is 3.04.